The van der Waals surface area contributed by atoms with Crippen molar-refractivity contribution < 1.29 is 0 Å². The molecule has 1 aromatic rings. The molecule has 2 heteroatoms. The van der Waals surface area contributed by atoms with E-state index in [1.165, 1.54) is 10.5 Å². The first-order valence-electron chi connectivity index (χ1n) is 3.35. The lowest BCUT2D eigenvalue weighted by molar-refractivity contribution is 1.40. The van der Waals surface area contributed by atoms with E-state index < -0.39 is 0 Å². The summed E-state index contributed by atoms with van der Waals surface area (Å²) in [4.78, 5) is 1.41. The fourth-order valence-corrected chi connectivity index (χ4v) is 1.91. The standard InChI is InChI=1S/C9H8S.H2S/c1-2-6-9-8(4-1)5-3-7-10-9;/h1-6H,7H2;1H2. The van der Waals surface area contributed by atoms with Crippen LogP contribution in [0.4, 0.5) is 0 Å². The summed E-state index contributed by atoms with van der Waals surface area (Å²) in [5, 5.41) is 0. The molecule has 2 rings (SSSR count). The van der Waals surface area contributed by atoms with Crippen molar-refractivity contribution in [1.82, 2.24) is 0 Å². The van der Waals surface area contributed by atoms with Crippen molar-refractivity contribution in [1.29, 1.82) is 0 Å². The minimum absolute atomic E-state index is 0. The number of fused-ring (bicyclic) bond motifs is 1. The lowest BCUT2D eigenvalue weighted by Gasteiger charge is -2.07. The van der Waals surface area contributed by atoms with Crippen molar-refractivity contribution in [3.8, 4) is 0 Å². The SMILES string of the molecule is C1=Cc2ccccc2SC1.S. The van der Waals surface area contributed by atoms with Crippen LogP contribution in [0.25, 0.3) is 6.08 Å². The number of hydrogen-bond acceptors (Lipinski definition) is 1. The Morgan fingerprint density at radius 3 is 2.82 bits per heavy atom. The summed E-state index contributed by atoms with van der Waals surface area (Å²) in [6.07, 6.45) is 4.39. The Morgan fingerprint density at radius 1 is 1.18 bits per heavy atom. The lowest BCUT2D eigenvalue weighted by Crippen LogP contribution is -1.84. The maximum atomic E-state index is 2.20. The van der Waals surface area contributed by atoms with Crippen LogP contribution >= 0.6 is 25.3 Å². The van der Waals surface area contributed by atoms with Crippen LogP contribution in [0.1, 0.15) is 5.56 Å². The molecule has 0 spiro atoms. The average Bonchev–Trinajstić information content (AvgIpc) is 2.05. The molecule has 0 N–H and O–H groups in total. The van der Waals surface area contributed by atoms with Crippen LogP contribution in [-0.2, 0) is 0 Å². The van der Waals surface area contributed by atoms with Gasteiger partial charge in [0.15, 0.2) is 0 Å². The van der Waals surface area contributed by atoms with Crippen LogP contribution in [0, 0.1) is 0 Å². The van der Waals surface area contributed by atoms with Gasteiger partial charge in [0.1, 0.15) is 0 Å². The molecule has 11 heavy (non-hydrogen) atoms. The highest BCUT2D eigenvalue weighted by Crippen LogP contribution is 2.27. The van der Waals surface area contributed by atoms with Gasteiger partial charge in [-0.2, -0.15) is 13.5 Å². The van der Waals surface area contributed by atoms with Crippen molar-refractivity contribution in [3.63, 3.8) is 0 Å². The molecule has 58 valence electrons. The number of benzene rings is 1. The first kappa shape index (κ1) is 8.75. The van der Waals surface area contributed by atoms with Gasteiger partial charge in [0.25, 0.3) is 0 Å². The zero-order valence-corrected chi connectivity index (χ0v) is 7.90. The molecule has 0 radical (unpaired) electrons. The third-order valence-electron chi connectivity index (χ3n) is 1.55. The second-order valence-electron chi connectivity index (χ2n) is 2.25. The highest BCUT2D eigenvalue weighted by molar-refractivity contribution is 7.99. The minimum Gasteiger partial charge on any atom is -0.197 e. The zero-order valence-electron chi connectivity index (χ0n) is 6.08. The third kappa shape index (κ3) is 1.82. The lowest BCUT2D eigenvalue weighted by atomic mass is 10.2. The molecule has 0 saturated heterocycles. The summed E-state index contributed by atoms with van der Waals surface area (Å²) in [6, 6.07) is 8.49. The van der Waals surface area contributed by atoms with Crippen molar-refractivity contribution in [2.75, 3.05) is 5.75 Å². The Kier molecular flexibility index (Phi) is 3.09. The van der Waals surface area contributed by atoms with Gasteiger partial charge in [-0.1, -0.05) is 30.4 Å². The van der Waals surface area contributed by atoms with Gasteiger partial charge in [0.2, 0.25) is 0 Å². The second kappa shape index (κ2) is 3.88. The maximum absolute atomic E-state index is 2.20. The van der Waals surface area contributed by atoms with Crippen LogP contribution in [0.5, 0.6) is 0 Å². The number of hydrogen-bond donors (Lipinski definition) is 0. The summed E-state index contributed by atoms with van der Waals surface area (Å²) in [6.45, 7) is 0. The summed E-state index contributed by atoms with van der Waals surface area (Å²) in [7, 11) is 0. The minimum atomic E-state index is 0. The van der Waals surface area contributed by atoms with Gasteiger partial charge in [0.05, 0.1) is 0 Å². The molecule has 0 atom stereocenters. The summed E-state index contributed by atoms with van der Waals surface area (Å²) < 4.78 is 0. The van der Waals surface area contributed by atoms with E-state index in [4.69, 9.17) is 0 Å². The van der Waals surface area contributed by atoms with E-state index in [1.54, 1.807) is 0 Å². The largest absolute Gasteiger partial charge is 0.197 e. The van der Waals surface area contributed by atoms with Gasteiger partial charge in [-0.05, 0) is 11.6 Å². The summed E-state index contributed by atoms with van der Waals surface area (Å²) in [5.41, 5.74) is 1.36. The molecule has 0 nitrogen and oxygen atoms in total. The molecule has 1 heterocycles. The van der Waals surface area contributed by atoms with E-state index in [0.717, 1.165) is 5.75 Å². The predicted octanol–water partition coefficient (Wildman–Crippen LogP) is 2.92. The third-order valence-corrected chi connectivity index (χ3v) is 2.59. The van der Waals surface area contributed by atoms with Crippen LogP contribution in [0.2, 0.25) is 0 Å². The van der Waals surface area contributed by atoms with Crippen molar-refractivity contribution in [2.45, 2.75) is 4.90 Å². The molecule has 0 unspecified atom stereocenters. The van der Waals surface area contributed by atoms with Gasteiger partial charge >= 0.3 is 0 Å². The highest BCUT2D eigenvalue weighted by atomic mass is 32.2. The molecule has 1 aliphatic heterocycles. The van der Waals surface area contributed by atoms with E-state index in [2.05, 4.69) is 36.4 Å². The van der Waals surface area contributed by atoms with Crippen LogP contribution in [0.15, 0.2) is 35.2 Å². The van der Waals surface area contributed by atoms with Crippen molar-refractivity contribution in [2.24, 2.45) is 0 Å². The summed E-state index contributed by atoms with van der Waals surface area (Å²) >= 11 is 1.90. The van der Waals surface area contributed by atoms with Crippen LogP contribution in [0.3, 0.4) is 0 Å². The quantitative estimate of drug-likeness (QED) is 0.594. The average molecular weight is 182 g/mol. The van der Waals surface area contributed by atoms with E-state index >= 15 is 0 Å². The van der Waals surface area contributed by atoms with E-state index in [1.807, 2.05) is 11.8 Å². The van der Waals surface area contributed by atoms with E-state index in [0.29, 0.717) is 0 Å². The first-order chi connectivity index (χ1) is 4.97. The van der Waals surface area contributed by atoms with Crippen LogP contribution in [-0.4, -0.2) is 5.75 Å². The number of thioether (sulfide) groups is 1. The Bertz CT molecular complexity index is 266. The summed E-state index contributed by atoms with van der Waals surface area (Å²) in [5.74, 6) is 1.12. The molecule has 0 amide bonds. The molecular weight excluding hydrogens is 172 g/mol. The van der Waals surface area contributed by atoms with Gasteiger partial charge in [-0.25, -0.2) is 0 Å². The molecule has 0 aromatic heterocycles. The predicted molar refractivity (Wildman–Crippen MR) is 56.6 cm³/mol. The second-order valence-corrected chi connectivity index (χ2v) is 3.31. The van der Waals surface area contributed by atoms with E-state index in [9.17, 15) is 0 Å². The molecule has 1 aliphatic rings. The highest BCUT2D eigenvalue weighted by Gasteiger charge is 2.00. The molecular formula is C9H10S2. The van der Waals surface area contributed by atoms with Gasteiger partial charge in [-0.3, -0.25) is 0 Å². The fraction of sp³-hybridized carbons (Fsp3) is 0.111. The fourth-order valence-electron chi connectivity index (χ4n) is 1.06. The number of rotatable bonds is 0. The Morgan fingerprint density at radius 2 is 2.00 bits per heavy atom. The normalized spacial score (nSPS) is 13.5. The topological polar surface area (TPSA) is 0 Å². The first-order valence-corrected chi connectivity index (χ1v) is 4.34. The molecule has 1 aromatic carbocycles. The van der Waals surface area contributed by atoms with Crippen LogP contribution < -0.4 is 0 Å². The zero-order chi connectivity index (χ0) is 6.81. The van der Waals surface area contributed by atoms with Gasteiger partial charge < -0.3 is 0 Å². The molecule has 0 fully saturated rings. The van der Waals surface area contributed by atoms with Crippen molar-refractivity contribution in [3.05, 3.63) is 35.9 Å². The smallest absolute Gasteiger partial charge is 0.0164 e. The monoisotopic (exact) mass is 182 g/mol. The van der Waals surface area contributed by atoms with E-state index in [-0.39, 0.29) is 13.5 Å². The Balaban J connectivity index is 0.000000605. The van der Waals surface area contributed by atoms with Gasteiger partial charge in [0, 0.05) is 10.6 Å². The Labute approximate surface area is 78.1 Å². The molecule has 0 aliphatic carbocycles. The van der Waals surface area contributed by atoms with Gasteiger partial charge in [-0.15, -0.1) is 11.8 Å². The molecule has 0 saturated carbocycles. The molecule has 0 bridgehead atoms. The maximum Gasteiger partial charge on any atom is 0.0164 e. The van der Waals surface area contributed by atoms with Crippen molar-refractivity contribution >= 4 is 31.3 Å². The Hall–Kier alpha value is -0.340.